The van der Waals surface area contributed by atoms with Crippen LogP contribution in [-0.4, -0.2) is 56.2 Å². The molecule has 0 radical (unpaired) electrons. The van der Waals surface area contributed by atoms with Crippen molar-refractivity contribution < 1.29 is 38.4 Å². The number of benzene rings is 2. The first kappa shape index (κ1) is 30.7. The minimum Gasteiger partial charge on any atom is -0.493 e. The van der Waals surface area contributed by atoms with Crippen LogP contribution >= 0.6 is 0 Å². The maximum Gasteiger partial charge on any atom is 0.282 e. The number of hydrogen-bond acceptors (Lipinski definition) is 9. The van der Waals surface area contributed by atoms with E-state index in [1.165, 1.54) is 12.4 Å². The standard InChI is InChI=1S/C32H38N2O8/c1-6-15-41-30-21(10-8-14-34(36)32(35)22-9-7-13-33-20-22)16-23(17-27(30)37-2)25-11-12-26(42-25)24-18-28(38-3)31(40-5)29(19-24)39-4/h7-9,13-14,16-20,25-26,36H,6,10-12,15H2,1-5H3. The molecule has 1 amide bonds. The normalized spacial score (nSPS) is 16.3. The van der Waals surface area contributed by atoms with Gasteiger partial charge in [-0.2, -0.15) is 5.06 Å². The fourth-order valence-corrected chi connectivity index (χ4v) is 4.92. The van der Waals surface area contributed by atoms with Crippen LogP contribution in [0.5, 0.6) is 28.7 Å². The number of hydrogen-bond donors (Lipinski definition) is 1. The van der Waals surface area contributed by atoms with Gasteiger partial charge in [0.15, 0.2) is 23.0 Å². The number of hydroxylamine groups is 2. The minimum absolute atomic E-state index is 0.171. The second kappa shape index (κ2) is 14.6. The summed E-state index contributed by atoms with van der Waals surface area (Å²) >= 11 is 0. The van der Waals surface area contributed by atoms with Crippen LogP contribution in [0, 0.1) is 0 Å². The van der Waals surface area contributed by atoms with Crippen LogP contribution < -0.4 is 23.7 Å². The number of rotatable bonds is 13. The topological polar surface area (TPSA) is 109 Å². The Bertz CT molecular complexity index is 1350. The summed E-state index contributed by atoms with van der Waals surface area (Å²) in [6.07, 6.45) is 8.41. The average molecular weight is 579 g/mol. The summed E-state index contributed by atoms with van der Waals surface area (Å²) in [5.74, 6) is 2.32. The predicted molar refractivity (Wildman–Crippen MR) is 156 cm³/mol. The SMILES string of the molecule is CCCOc1c(CC=CN(O)C(=O)c2cccnc2)cc(C2CCC(c3cc(OC)c(OC)c(OC)c3)O2)cc1OC. The lowest BCUT2D eigenvalue weighted by Crippen LogP contribution is -2.21. The molecule has 3 aromatic rings. The Balaban J connectivity index is 1.57. The van der Waals surface area contributed by atoms with E-state index in [9.17, 15) is 10.0 Å². The number of nitrogens with zero attached hydrogens (tertiary/aromatic N) is 2. The lowest BCUT2D eigenvalue weighted by molar-refractivity contribution is -0.0204. The zero-order valence-electron chi connectivity index (χ0n) is 24.7. The third kappa shape index (κ3) is 6.95. The van der Waals surface area contributed by atoms with Crippen molar-refractivity contribution in [3.8, 4) is 28.7 Å². The molecule has 1 aliphatic heterocycles. The average Bonchev–Trinajstić information content (AvgIpc) is 3.53. The zero-order valence-corrected chi connectivity index (χ0v) is 24.7. The molecule has 10 nitrogen and oxygen atoms in total. The highest BCUT2D eigenvalue weighted by Crippen LogP contribution is 2.47. The van der Waals surface area contributed by atoms with E-state index < -0.39 is 5.91 Å². The summed E-state index contributed by atoms with van der Waals surface area (Å²) in [5.41, 5.74) is 3.00. The number of allylic oxidation sites excluding steroid dienone is 1. The maximum atomic E-state index is 12.5. The Morgan fingerprint density at radius 1 is 0.976 bits per heavy atom. The van der Waals surface area contributed by atoms with Gasteiger partial charge in [0.05, 0.1) is 52.8 Å². The summed E-state index contributed by atoms with van der Waals surface area (Å²) in [5, 5.41) is 10.8. The van der Waals surface area contributed by atoms with Gasteiger partial charge in [0.2, 0.25) is 5.75 Å². The van der Waals surface area contributed by atoms with Crippen LogP contribution in [0.3, 0.4) is 0 Å². The van der Waals surface area contributed by atoms with Gasteiger partial charge in [0.1, 0.15) is 0 Å². The fourth-order valence-electron chi connectivity index (χ4n) is 4.92. The lowest BCUT2D eigenvalue weighted by Gasteiger charge is -2.20. The molecule has 42 heavy (non-hydrogen) atoms. The molecule has 1 fully saturated rings. The van der Waals surface area contributed by atoms with E-state index >= 15 is 0 Å². The molecule has 0 spiro atoms. The summed E-state index contributed by atoms with van der Waals surface area (Å²) in [6.45, 7) is 2.55. The Kier molecular flexibility index (Phi) is 10.6. The quantitative estimate of drug-likeness (QED) is 0.190. The van der Waals surface area contributed by atoms with Crippen molar-refractivity contribution in [2.24, 2.45) is 0 Å². The molecule has 2 atom stereocenters. The molecule has 1 aliphatic rings. The van der Waals surface area contributed by atoms with Crippen molar-refractivity contribution in [2.45, 2.75) is 44.8 Å². The lowest BCUT2D eigenvalue weighted by atomic mass is 9.99. The third-order valence-corrected chi connectivity index (χ3v) is 6.98. The number of amides is 1. The molecule has 224 valence electrons. The van der Waals surface area contributed by atoms with E-state index in [4.69, 9.17) is 28.4 Å². The molecule has 4 rings (SSSR count). The van der Waals surface area contributed by atoms with Gasteiger partial charge in [-0.05, 0) is 73.2 Å². The summed E-state index contributed by atoms with van der Waals surface area (Å²) < 4.78 is 34.9. The summed E-state index contributed by atoms with van der Waals surface area (Å²) in [7, 11) is 6.36. The fraction of sp³-hybridized carbons (Fsp3) is 0.375. The second-order valence-corrected chi connectivity index (χ2v) is 9.69. The molecule has 10 heteroatoms. The van der Waals surface area contributed by atoms with Gasteiger partial charge in [0.25, 0.3) is 5.91 Å². The van der Waals surface area contributed by atoms with Gasteiger partial charge >= 0.3 is 0 Å². The molecule has 1 aromatic heterocycles. The van der Waals surface area contributed by atoms with Gasteiger partial charge in [0, 0.05) is 24.2 Å². The second-order valence-electron chi connectivity index (χ2n) is 9.69. The van der Waals surface area contributed by atoms with Crippen LogP contribution in [0.1, 0.15) is 65.4 Å². The van der Waals surface area contributed by atoms with Gasteiger partial charge in [-0.25, -0.2) is 0 Å². The van der Waals surface area contributed by atoms with Gasteiger partial charge in [-0.15, -0.1) is 0 Å². The molecule has 2 aromatic carbocycles. The molecule has 1 saturated heterocycles. The van der Waals surface area contributed by atoms with Crippen molar-refractivity contribution in [2.75, 3.05) is 35.0 Å². The first-order valence-electron chi connectivity index (χ1n) is 13.8. The first-order valence-corrected chi connectivity index (χ1v) is 13.8. The van der Waals surface area contributed by atoms with Crippen molar-refractivity contribution in [3.63, 3.8) is 0 Å². The van der Waals surface area contributed by atoms with Crippen LogP contribution in [0.2, 0.25) is 0 Å². The van der Waals surface area contributed by atoms with Crippen molar-refractivity contribution in [1.29, 1.82) is 0 Å². The van der Waals surface area contributed by atoms with E-state index in [2.05, 4.69) is 4.98 Å². The van der Waals surface area contributed by atoms with E-state index in [-0.39, 0.29) is 17.8 Å². The molecular weight excluding hydrogens is 540 g/mol. The summed E-state index contributed by atoms with van der Waals surface area (Å²) in [4.78, 5) is 16.4. The van der Waals surface area contributed by atoms with Gasteiger partial charge in [-0.1, -0.05) is 13.0 Å². The monoisotopic (exact) mass is 578 g/mol. The van der Waals surface area contributed by atoms with Crippen LogP contribution in [0.4, 0.5) is 0 Å². The Morgan fingerprint density at radius 2 is 1.60 bits per heavy atom. The maximum absolute atomic E-state index is 12.5. The summed E-state index contributed by atoms with van der Waals surface area (Å²) in [6, 6.07) is 11.0. The Hall–Kier alpha value is -4.28. The number of aromatic nitrogens is 1. The smallest absolute Gasteiger partial charge is 0.282 e. The number of methoxy groups -OCH3 is 4. The van der Waals surface area contributed by atoms with Crippen LogP contribution in [0.25, 0.3) is 0 Å². The van der Waals surface area contributed by atoms with Crippen LogP contribution in [0.15, 0.2) is 61.1 Å². The van der Waals surface area contributed by atoms with Crippen LogP contribution in [-0.2, 0) is 11.2 Å². The molecule has 0 saturated carbocycles. The molecule has 2 heterocycles. The Morgan fingerprint density at radius 3 is 2.14 bits per heavy atom. The highest BCUT2D eigenvalue weighted by molar-refractivity contribution is 5.93. The van der Waals surface area contributed by atoms with Gasteiger partial charge < -0.3 is 28.4 Å². The van der Waals surface area contributed by atoms with E-state index in [0.717, 1.165) is 36.0 Å². The molecule has 0 bridgehead atoms. The van der Waals surface area contributed by atoms with Gasteiger partial charge in [-0.3, -0.25) is 15.0 Å². The van der Waals surface area contributed by atoms with E-state index in [1.54, 1.807) is 52.8 Å². The molecular formula is C32H38N2O8. The number of ether oxygens (including phenoxy) is 6. The largest absolute Gasteiger partial charge is 0.493 e. The zero-order chi connectivity index (χ0) is 30.1. The number of carbonyl (C=O) groups is 1. The third-order valence-electron chi connectivity index (χ3n) is 6.98. The number of pyridine rings is 1. The molecule has 2 unspecified atom stereocenters. The van der Waals surface area contributed by atoms with Crippen molar-refractivity contribution in [3.05, 3.63) is 83.3 Å². The highest BCUT2D eigenvalue weighted by atomic mass is 16.5. The number of carbonyl (C=O) groups excluding carboxylic acids is 1. The van der Waals surface area contributed by atoms with E-state index in [1.807, 2.05) is 31.2 Å². The first-order chi connectivity index (χ1) is 20.4. The molecule has 1 N–H and O–H groups in total. The van der Waals surface area contributed by atoms with E-state index in [0.29, 0.717) is 46.8 Å². The Labute approximate surface area is 246 Å². The predicted octanol–water partition coefficient (Wildman–Crippen LogP) is 6.09. The minimum atomic E-state index is -0.578. The van der Waals surface area contributed by atoms with Crippen molar-refractivity contribution in [1.82, 2.24) is 10.0 Å². The molecule has 0 aliphatic carbocycles. The van der Waals surface area contributed by atoms with Crippen molar-refractivity contribution >= 4 is 5.91 Å². The highest BCUT2D eigenvalue weighted by Gasteiger charge is 2.31.